The third kappa shape index (κ3) is 2.91. The molecule has 1 aliphatic heterocycles. The lowest BCUT2D eigenvalue weighted by molar-refractivity contribution is -0.123. The molecule has 0 aromatic carbocycles. The van der Waals surface area contributed by atoms with Crippen molar-refractivity contribution in [2.45, 2.75) is 51.5 Å². The maximum atomic E-state index is 10.9. The van der Waals surface area contributed by atoms with E-state index >= 15 is 0 Å². The molecule has 1 amide bonds. The van der Waals surface area contributed by atoms with E-state index in [9.17, 15) is 4.79 Å². The molecule has 0 unspecified atom stereocenters. The lowest BCUT2D eigenvalue weighted by atomic mass is 10.00. The van der Waals surface area contributed by atoms with Gasteiger partial charge in [0.25, 0.3) is 0 Å². The summed E-state index contributed by atoms with van der Waals surface area (Å²) in [5.74, 6) is 0.248. The van der Waals surface area contributed by atoms with Gasteiger partial charge in [-0.2, -0.15) is 0 Å². The predicted octanol–water partition coefficient (Wildman–Crippen LogP) is 1.85. The summed E-state index contributed by atoms with van der Waals surface area (Å²) in [6, 6.07) is 0.483. The number of rotatable bonds is 3. The van der Waals surface area contributed by atoms with E-state index in [1.807, 2.05) is 0 Å². The standard InChI is InChI=1S/C9H17NO/c1-2-3-5-8-6-4-7-9(11)10-8/h8H,2-7H2,1H3,(H,10,11)/t8-/m0/s1. The number of nitrogens with one attached hydrogen (secondary N) is 1. The number of piperidine rings is 1. The summed E-state index contributed by atoms with van der Waals surface area (Å²) in [7, 11) is 0. The van der Waals surface area contributed by atoms with Gasteiger partial charge in [-0.25, -0.2) is 0 Å². The summed E-state index contributed by atoms with van der Waals surface area (Å²) in [5.41, 5.74) is 0. The number of carbonyl (C=O) groups excluding carboxylic acids is 1. The van der Waals surface area contributed by atoms with Crippen molar-refractivity contribution in [2.75, 3.05) is 0 Å². The Bertz CT molecular complexity index is 134. The van der Waals surface area contributed by atoms with Gasteiger partial charge in [0.15, 0.2) is 0 Å². The highest BCUT2D eigenvalue weighted by atomic mass is 16.1. The van der Waals surface area contributed by atoms with Gasteiger partial charge in [0, 0.05) is 12.5 Å². The molecule has 2 nitrogen and oxygen atoms in total. The van der Waals surface area contributed by atoms with E-state index in [2.05, 4.69) is 12.2 Å². The SMILES string of the molecule is CCCC[C@H]1CCCC(=O)N1. The number of hydrogen-bond donors (Lipinski definition) is 1. The van der Waals surface area contributed by atoms with Gasteiger partial charge in [-0.3, -0.25) is 4.79 Å². The Morgan fingerprint density at radius 1 is 1.64 bits per heavy atom. The van der Waals surface area contributed by atoms with E-state index in [0.717, 1.165) is 12.8 Å². The van der Waals surface area contributed by atoms with Crippen molar-refractivity contribution in [3.05, 3.63) is 0 Å². The van der Waals surface area contributed by atoms with Gasteiger partial charge in [0.05, 0.1) is 0 Å². The summed E-state index contributed by atoms with van der Waals surface area (Å²) < 4.78 is 0. The molecule has 0 bridgehead atoms. The van der Waals surface area contributed by atoms with Crippen LogP contribution in [0.2, 0.25) is 0 Å². The van der Waals surface area contributed by atoms with Crippen LogP contribution in [0.25, 0.3) is 0 Å². The molecule has 1 saturated heterocycles. The molecule has 0 radical (unpaired) electrons. The molecule has 11 heavy (non-hydrogen) atoms. The van der Waals surface area contributed by atoms with Gasteiger partial charge in [0.1, 0.15) is 0 Å². The van der Waals surface area contributed by atoms with Crippen molar-refractivity contribution in [3.63, 3.8) is 0 Å². The third-order valence-electron chi connectivity index (χ3n) is 2.23. The minimum Gasteiger partial charge on any atom is -0.353 e. The summed E-state index contributed by atoms with van der Waals surface area (Å²) in [6.07, 6.45) is 6.65. The van der Waals surface area contributed by atoms with E-state index in [0.29, 0.717) is 6.04 Å². The average Bonchev–Trinajstić information content (AvgIpc) is 2.01. The number of amides is 1. The quantitative estimate of drug-likeness (QED) is 0.662. The Hall–Kier alpha value is -0.530. The zero-order chi connectivity index (χ0) is 8.10. The molecule has 1 heterocycles. The Balaban J connectivity index is 2.17. The van der Waals surface area contributed by atoms with Gasteiger partial charge in [-0.15, -0.1) is 0 Å². The van der Waals surface area contributed by atoms with Crippen LogP contribution in [0.3, 0.4) is 0 Å². The maximum absolute atomic E-state index is 10.9. The molecule has 0 aromatic heterocycles. The first-order valence-corrected chi connectivity index (χ1v) is 4.62. The van der Waals surface area contributed by atoms with Crippen LogP contribution in [-0.4, -0.2) is 11.9 Å². The zero-order valence-corrected chi connectivity index (χ0v) is 7.23. The Morgan fingerprint density at radius 3 is 3.09 bits per heavy atom. The first kappa shape index (κ1) is 8.57. The van der Waals surface area contributed by atoms with Crippen LogP contribution in [0.4, 0.5) is 0 Å². The smallest absolute Gasteiger partial charge is 0.220 e. The second-order valence-corrected chi connectivity index (χ2v) is 3.30. The predicted molar refractivity (Wildman–Crippen MR) is 45.3 cm³/mol. The number of hydrogen-bond acceptors (Lipinski definition) is 1. The molecule has 1 aliphatic rings. The monoisotopic (exact) mass is 155 g/mol. The van der Waals surface area contributed by atoms with Crippen LogP contribution >= 0.6 is 0 Å². The number of carbonyl (C=O) groups is 1. The van der Waals surface area contributed by atoms with E-state index < -0.39 is 0 Å². The van der Waals surface area contributed by atoms with Crippen molar-refractivity contribution in [1.29, 1.82) is 0 Å². The van der Waals surface area contributed by atoms with Crippen LogP contribution < -0.4 is 5.32 Å². The Labute approximate surface area is 68.4 Å². The third-order valence-corrected chi connectivity index (χ3v) is 2.23. The normalized spacial score (nSPS) is 24.8. The largest absolute Gasteiger partial charge is 0.353 e. The minimum atomic E-state index is 0.248. The molecule has 0 saturated carbocycles. The lowest BCUT2D eigenvalue weighted by Gasteiger charge is -2.22. The van der Waals surface area contributed by atoms with Crippen molar-refractivity contribution < 1.29 is 4.79 Å². The summed E-state index contributed by atoms with van der Waals surface area (Å²) in [5, 5.41) is 3.01. The molecular weight excluding hydrogens is 138 g/mol. The molecule has 2 heteroatoms. The fraction of sp³-hybridized carbons (Fsp3) is 0.889. The number of unbranched alkanes of at least 4 members (excludes halogenated alkanes) is 1. The molecule has 0 spiro atoms. The average molecular weight is 155 g/mol. The van der Waals surface area contributed by atoms with E-state index in [4.69, 9.17) is 0 Å². The first-order valence-electron chi connectivity index (χ1n) is 4.62. The summed E-state index contributed by atoms with van der Waals surface area (Å²) >= 11 is 0. The van der Waals surface area contributed by atoms with E-state index in [1.54, 1.807) is 0 Å². The lowest BCUT2D eigenvalue weighted by Crippen LogP contribution is -2.38. The highest BCUT2D eigenvalue weighted by Crippen LogP contribution is 2.13. The fourth-order valence-electron chi connectivity index (χ4n) is 1.55. The van der Waals surface area contributed by atoms with Crippen molar-refractivity contribution in [3.8, 4) is 0 Å². The van der Waals surface area contributed by atoms with Crippen LogP contribution in [0.15, 0.2) is 0 Å². The van der Waals surface area contributed by atoms with Gasteiger partial charge >= 0.3 is 0 Å². The topological polar surface area (TPSA) is 29.1 Å². The van der Waals surface area contributed by atoms with Gasteiger partial charge in [-0.1, -0.05) is 19.8 Å². The highest BCUT2D eigenvalue weighted by molar-refractivity contribution is 5.76. The molecule has 1 N–H and O–H groups in total. The molecule has 1 rings (SSSR count). The van der Waals surface area contributed by atoms with Gasteiger partial charge in [0.2, 0.25) is 5.91 Å². The molecule has 0 aliphatic carbocycles. The van der Waals surface area contributed by atoms with Gasteiger partial charge < -0.3 is 5.32 Å². The first-order chi connectivity index (χ1) is 5.33. The van der Waals surface area contributed by atoms with Crippen molar-refractivity contribution >= 4 is 5.91 Å². The fourth-order valence-corrected chi connectivity index (χ4v) is 1.55. The molecule has 0 aromatic rings. The molecule has 1 fully saturated rings. The van der Waals surface area contributed by atoms with Crippen LogP contribution in [0.1, 0.15) is 45.4 Å². The zero-order valence-electron chi connectivity index (χ0n) is 7.23. The van der Waals surface area contributed by atoms with Crippen molar-refractivity contribution in [1.82, 2.24) is 5.32 Å². The molecule has 1 atom stereocenters. The highest BCUT2D eigenvalue weighted by Gasteiger charge is 2.16. The minimum absolute atomic E-state index is 0.248. The van der Waals surface area contributed by atoms with Crippen LogP contribution in [-0.2, 0) is 4.79 Å². The second-order valence-electron chi connectivity index (χ2n) is 3.30. The van der Waals surface area contributed by atoms with Crippen LogP contribution in [0, 0.1) is 0 Å². The van der Waals surface area contributed by atoms with Crippen LogP contribution in [0.5, 0.6) is 0 Å². The maximum Gasteiger partial charge on any atom is 0.220 e. The van der Waals surface area contributed by atoms with Gasteiger partial charge in [-0.05, 0) is 19.3 Å². The molecule has 64 valence electrons. The second kappa shape index (κ2) is 4.37. The molecular formula is C9H17NO. The summed E-state index contributed by atoms with van der Waals surface area (Å²) in [4.78, 5) is 10.9. The van der Waals surface area contributed by atoms with E-state index in [1.165, 1.54) is 25.7 Å². The Kier molecular flexibility index (Phi) is 3.40. The summed E-state index contributed by atoms with van der Waals surface area (Å²) in [6.45, 7) is 2.19. The van der Waals surface area contributed by atoms with E-state index in [-0.39, 0.29) is 5.91 Å². The Morgan fingerprint density at radius 2 is 2.45 bits per heavy atom. The van der Waals surface area contributed by atoms with Crippen molar-refractivity contribution in [2.24, 2.45) is 0 Å².